The summed E-state index contributed by atoms with van der Waals surface area (Å²) in [4.78, 5) is 13.3. The summed E-state index contributed by atoms with van der Waals surface area (Å²) in [5.74, 6) is 0.0523. The van der Waals surface area contributed by atoms with E-state index < -0.39 is 0 Å². The quantitative estimate of drug-likeness (QED) is 0.821. The molecule has 5 nitrogen and oxygen atoms in total. The molecule has 0 atom stereocenters. The molecule has 0 amide bonds. The monoisotopic (exact) mass is 314 g/mol. The number of ether oxygens (including phenoxy) is 1. The highest BCUT2D eigenvalue weighted by Crippen LogP contribution is 2.20. The lowest BCUT2D eigenvalue weighted by Gasteiger charge is -2.28. The molecule has 2 N–H and O–H groups in total. The number of piperidine rings is 1. The van der Waals surface area contributed by atoms with Crippen molar-refractivity contribution in [2.24, 2.45) is 5.92 Å². The van der Waals surface area contributed by atoms with E-state index in [1.54, 1.807) is 0 Å². The third-order valence-electron chi connectivity index (χ3n) is 4.53. The molecule has 0 radical (unpaired) electrons. The van der Waals surface area contributed by atoms with Gasteiger partial charge in [0.05, 0.1) is 43.1 Å². The molecular formula is C18H24N3O2+. The first-order valence-corrected chi connectivity index (χ1v) is 8.35. The maximum atomic E-state index is 11.8. The van der Waals surface area contributed by atoms with Crippen LogP contribution in [0, 0.1) is 5.92 Å². The van der Waals surface area contributed by atoms with E-state index in [1.807, 2.05) is 31.3 Å². The fourth-order valence-corrected chi connectivity index (χ4v) is 3.27. The molecule has 23 heavy (non-hydrogen) atoms. The Kier molecular flexibility index (Phi) is 5.08. The van der Waals surface area contributed by atoms with E-state index in [0.717, 1.165) is 38.2 Å². The minimum absolute atomic E-state index is 0.0279. The van der Waals surface area contributed by atoms with Crippen LogP contribution in [0.15, 0.2) is 36.5 Å². The maximum absolute atomic E-state index is 11.8. The fourth-order valence-electron chi connectivity index (χ4n) is 3.27. The largest absolute Gasteiger partial charge is 0.466 e. The van der Waals surface area contributed by atoms with Gasteiger partial charge in [-0.2, -0.15) is 5.10 Å². The molecule has 1 aromatic heterocycles. The second-order valence-corrected chi connectivity index (χ2v) is 6.09. The predicted octanol–water partition coefficient (Wildman–Crippen LogP) is 1.43. The van der Waals surface area contributed by atoms with Gasteiger partial charge in [0.15, 0.2) is 0 Å². The molecule has 5 heteroatoms. The third kappa shape index (κ3) is 3.79. The van der Waals surface area contributed by atoms with E-state index in [9.17, 15) is 4.79 Å². The van der Waals surface area contributed by atoms with Crippen LogP contribution in [-0.2, 0) is 16.1 Å². The van der Waals surface area contributed by atoms with Crippen molar-refractivity contribution in [3.63, 3.8) is 0 Å². The summed E-state index contributed by atoms with van der Waals surface area (Å²) in [5.41, 5.74) is 3.51. The lowest BCUT2D eigenvalue weighted by molar-refractivity contribution is -0.919. The average Bonchev–Trinajstić information content (AvgIpc) is 3.05. The molecule has 1 fully saturated rings. The second kappa shape index (κ2) is 7.42. The predicted molar refractivity (Wildman–Crippen MR) is 87.8 cm³/mol. The average molecular weight is 314 g/mol. The Morgan fingerprint density at radius 2 is 2.04 bits per heavy atom. The number of nitrogens with one attached hydrogen (secondary N) is 2. The highest BCUT2D eigenvalue weighted by Gasteiger charge is 2.29. The minimum Gasteiger partial charge on any atom is -0.466 e. The van der Waals surface area contributed by atoms with Gasteiger partial charge in [0.2, 0.25) is 0 Å². The number of H-pyrrole nitrogens is 1. The van der Waals surface area contributed by atoms with Crippen LogP contribution in [0.4, 0.5) is 0 Å². The number of hydrogen-bond donors (Lipinski definition) is 2. The molecule has 1 aromatic carbocycles. The van der Waals surface area contributed by atoms with Gasteiger partial charge in [0, 0.05) is 18.4 Å². The molecule has 0 saturated carbocycles. The van der Waals surface area contributed by atoms with Crippen LogP contribution >= 0.6 is 0 Å². The highest BCUT2D eigenvalue weighted by atomic mass is 16.5. The Balaban J connectivity index is 1.60. The number of esters is 1. The number of aromatic amines is 1. The minimum atomic E-state index is -0.0279. The molecule has 0 aliphatic carbocycles. The summed E-state index contributed by atoms with van der Waals surface area (Å²) < 4.78 is 5.14. The van der Waals surface area contributed by atoms with Crippen molar-refractivity contribution in [2.75, 3.05) is 19.7 Å². The van der Waals surface area contributed by atoms with Gasteiger partial charge in [0.25, 0.3) is 0 Å². The van der Waals surface area contributed by atoms with Crippen molar-refractivity contribution in [2.45, 2.75) is 26.3 Å². The van der Waals surface area contributed by atoms with Crippen LogP contribution in [0.25, 0.3) is 11.3 Å². The highest BCUT2D eigenvalue weighted by molar-refractivity contribution is 5.72. The first-order chi connectivity index (χ1) is 11.3. The Labute approximate surface area is 136 Å². The molecule has 122 valence electrons. The molecule has 0 spiro atoms. The summed E-state index contributed by atoms with van der Waals surface area (Å²) >= 11 is 0. The number of rotatable bonds is 5. The Bertz CT molecular complexity index is 631. The summed E-state index contributed by atoms with van der Waals surface area (Å²) in [5, 5.41) is 7.34. The van der Waals surface area contributed by atoms with Gasteiger partial charge >= 0.3 is 5.97 Å². The summed E-state index contributed by atoms with van der Waals surface area (Å²) in [7, 11) is 0. The number of hydrogen-bond acceptors (Lipinski definition) is 3. The van der Waals surface area contributed by atoms with Crippen LogP contribution in [-0.4, -0.2) is 35.9 Å². The summed E-state index contributed by atoms with van der Waals surface area (Å²) in [6, 6.07) is 10.3. The van der Waals surface area contributed by atoms with Crippen LogP contribution in [0.1, 0.15) is 25.3 Å². The summed E-state index contributed by atoms with van der Waals surface area (Å²) in [6.07, 6.45) is 3.74. The van der Waals surface area contributed by atoms with E-state index in [0.29, 0.717) is 6.61 Å². The third-order valence-corrected chi connectivity index (χ3v) is 4.53. The lowest BCUT2D eigenvalue weighted by Crippen LogP contribution is -3.11. The van der Waals surface area contributed by atoms with Gasteiger partial charge < -0.3 is 9.64 Å². The molecule has 1 aliphatic rings. The first kappa shape index (κ1) is 15.7. The van der Waals surface area contributed by atoms with Crippen LogP contribution in [0.3, 0.4) is 0 Å². The van der Waals surface area contributed by atoms with Crippen LogP contribution in [0.5, 0.6) is 0 Å². The smallest absolute Gasteiger partial charge is 0.309 e. The fraction of sp³-hybridized carbons (Fsp3) is 0.444. The number of carbonyl (C=O) groups is 1. The lowest BCUT2D eigenvalue weighted by atomic mass is 9.96. The second-order valence-electron chi connectivity index (χ2n) is 6.09. The Morgan fingerprint density at radius 3 is 2.74 bits per heavy atom. The first-order valence-electron chi connectivity index (χ1n) is 8.35. The van der Waals surface area contributed by atoms with Crippen LogP contribution in [0.2, 0.25) is 0 Å². The van der Waals surface area contributed by atoms with Gasteiger partial charge in [-0.3, -0.25) is 9.89 Å². The number of likely N-dealkylation sites (tertiary alicyclic amines) is 1. The van der Waals surface area contributed by atoms with Gasteiger partial charge in [-0.1, -0.05) is 30.3 Å². The van der Waals surface area contributed by atoms with Gasteiger partial charge in [-0.25, -0.2) is 0 Å². The number of quaternary nitrogens is 1. The van der Waals surface area contributed by atoms with Crippen molar-refractivity contribution in [1.82, 2.24) is 10.2 Å². The zero-order valence-corrected chi connectivity index (χ0v) is 13.5. The number of benzene rings is 1. The Morgan fingerprint density at radius 1 is 1.30 bits per heavy atom. The number of nitrogens with zero attached hydrogens (tertiary/aromatic N) is 1. The van der Waals surface area contributed by atoms with Gasteiger partial charge in [0.1, 0.15) is 6.54 Å². The van der Waals surface area contributed by atoms with Gasteiger partial charge in [-0.15, -0.1) is 0 Å². The summed E-state index contributed by atoms with van der Waals surface area (Å²) in [6.45, 7) is 5.28. The van der Waals surface area contributed by atoms with E-state index in [4.69, 9.17) is 4.74 Å². The van der Waals surface area contributed by atoms with Crippen molar-refractivity contribution < 1.29 is 14.4 Å². The molecule has 0 unspecified atom stereocenters. The normalized spacial score (nSPS) is 21.1. The van der Waals surface area contributed by atoms with E-state index in [1.165, 1.54) is 16.0 Å². The van der Waals surface area contributed by atoms with Gasteiger partial charge in [-0.05, 0) is 6.92 Å². The zero-order chi connectivity index (χ0) is 16.1. The molecule has 3 rings (SSSR count). The molecule has 1 saturated heterocycles. The van der Waals surface area contributed by atoms with E-state index >= 15 is 0 Å². The van der Waals surface area contributed by atoms with Crippen molar-refractivity contribution in [1.29, 1.82) is 0 Å². The van der Waals surface area contributed by atoms with Crippen molar-refractivity contribution in [3.05, 3.63) is 42.1 Å². The number of carbonyl (C=O) groups excluding carboxylic acids is 1. The standard InChI is InChI=1S/C18H23N3O2/c1-2-23-18(22)15-8-10-21(11-9-15)13-16-12-19-20-17(16)14-6-4-3-5-7-14/h3-7,12,15H,2,8-11,13H2,1H3,(H,19,20)/p+1. The SMILES string of the molecule is CCOC(=O)C1CC[NH+](Cc2cn[nH]c2-c2ccccc2)CC1. The molecule has 2 aromatic rings. The number of aromatic nitrogens is 2. The van der Waals surface area contributed by atoms with Crippen molar-refractivity contribution in [3.8, 4) is 11.3 Å². The Hall–Kier alpha value is -2.14. The van der Waals surface area contributed by atoms with Crippen molar-refractivity contribution >= 4 is 5.97 Å². The molecule has 2 heterocycles. The van der Waals surface area contributed by atoms with E-state index in [2.05, 4.69) is 22.3 Å². The zero-order valence-electron chi connectivity index (χ0n) is 13.5. The topological polar surface area (TPSA) is 59.4 Å². The van der Waals surface area contributed by atoms with Crippen LogP contribution < -0.4 is 4.90 Å². The molecule has 0 bridgehead atoms. The molecular weight excluding hydrogens is 290 g/mol. The maximum Gasteiger partial charge on any atom is 0.309 e. The van der Waals surface area contributed by atoms with E-state index in [-0.39, 0.29) is 11.9 Å². The molecule has 1 aliphatic heterocycles.